The average Bonchev–Trinajstić information content (AvgIpc) is 2.79. The number of nitrogens with one attached hydrogen (secondary N) is 1. The van der Waals surface area contributed by atoms with Gasteiger partial charge in [-0.3, -0.25) is 4.79 Å². The second-order valence-corrected chi connectivity index (χ2v) is 19.3. The summed E-state index contributed by atoms with van der Waals surface area (Å²) in [4.78, 5) is 22.6. The van der Waals surface area contributed by atoms with Gasteiger partial charge in [0.15, 0.2) is 21.8 Å². The van der Waals surface area contributed by atoms with Crippen LogP contribution in [0.1, 0.15) is 18.9 Å². The van der Waals surface area contributed by atoms with Crippen molar-refractivity contribution in [1.29, 1.82) is 0 Å². The average molecular weight is 545 g/mol. The Bertz CT molecular complexity index is 782. The zero-order chi connectivity index (χ0) is 26.0. The predicted octanol–water partition coefficient (Wildman–Crippen LogP) is 3.92. The molecule has 1 amide bonds. The second-order valence-electron chi connectivity index (χ2n) is 9.10. The van der Waals surface area contributed by atoms with E-state index in [1.165, 1.54) is 0 Å². The van der Waals surface area contributed by atoms with E-state index in [0.717, 1.165) is 28.6 Å². The monoisotopic (exact) mass is 544 g/mol. The SMILES string of the molecule is CC(=O)NCCC[Si](C)(C)O[Si](C)(C)CSc1ncc(COCCOCCOCCN=[N+]=[N-])cn1. The van der Waals surface area contributed by atoms with E-state index in [1.54, 1.807) is 31.1 Å². The molecule has 0 fully saturated rings. The first-order chi connectivity index (χ1) is 16.6. The van der Waals surface area contributed by atoms with Crippen molar-refractivity contribution in [3.63, 3.8) is 0 Å². The van der Waals surface area contributed by atoms with Crippen molar-refractivity contribution in [3.05, 3.63) is 28.4 Å². The first-order valence-electron chi connectivity index (χ1n) is 11.8. The van der Waals surface area contributed by atoms with Crippen LogP contribution in [0.15, 0.2) is 22.7 Å². The lowest BCUT2D eigenvalue weighted by Gasteiger charge is -2.33. The summed E-state index contributed by atoms with van der Waals surface area (Å²) in [6.45, 7) is 14.2. The van der Waals surface area contributed by atoms with Gasteiger partial charge in [-0.05, 0) is 44.2 Å². The standard InChI is InChI=1S/C21H40N6O5SSi2/c1-19(28)23-7-6-14-34(2,3)32-35(4,5)18-33-21-24-15-20(16-25-21)17-31-13-12-30-11-10-29-9-8-26-27-22/h15-16H,6-14,17-18H2,1-5H3,(H,23,28). The molecule has 14 heteroatoms. The molecule has 1 aromatic rings. The van der Waals surface area contributed by atoms with E-state index < -0.39 is 16.6 Å². The highest BCUT2D eigenvalue weighted by Gasteiger charge is 2.33. The number of thioether (sulfide) groups is 1. The minimum absolute atomic E-state index is 0.0153. The molecule has 1 heterocycles. The van der Waals surface area contributed by atoms with Gasteiger partial charge < -0.3 is 23.6 Å². The summed E-state index contributed by atoms with van der Waals surface area (Å²) < 4.78 is 22.9. The summed E-state index contributed by atoms with van der Waals surface area (Å²) in [7, 11) is -3.66. The number of rotatable bonds is 20. The van der Waals surface area contributed by atoms with Crippen molar-refractivity contribution in [1.82, 2.24) is 15.3 Å². The van der Waals surface area contributed by atoms with E-state index in [2.05, 4.69) is 51.5 Å². The summed E-state index contributed by atoms with van der Waals surface area (Å²) in [6.07, 6.45) is 4.54. The van der Waals surface area contributed by atoms with Gasteiger partial charge in [0.1, 0.15) is 0 Å². The molecule has 0 aliphatic carbocycles. The molecule has 0 aromatic carbocycles. The van der Waals surface area contributed by atoms with Crippen molar-refractivity contribution >= 4 is 34.3 Å². The number of amides is 1. The molecular formula is C21H40N6O5SSi2. The molecule has 1 N–H and O–H groups in total. The molecule has 0 spiro atoms. The van der Waals surface area contributed by atoms with Gasteiger partial charge in [0.05, 0.1) is 39.6 Å². The molecule has 0 aliphatic rings. The molecule has 0 saturated carbocycles. The lowest BCUT2D eigenvalue weighted by Crippen LogP contribution is -2.46. The van der Waals surface area contributed by atoms with Crippen LogP contribution in [-0.4, -0.2) is 84.0 Å². The summed E-state index contributed by atoms with van der Waals surface area (Å²) >= 11 is 1.64. The zero-order valence-corrected chi connectivity index (χ0v) is 24.4. The van der Waals surface area contributed by atoms with Crippen LogP contribution < -0.4 is 5.32 Å². The summed E-state index contributed by atoms with van der Waals surface area (Å²) in [5.74, 6) is 0.0153. The van der Waals surface area contributed by atoms with Gasteiger partial charge in [0.2, 0.25) is 5.91 Å². The number of ether oxygens (including phenoxy) is 3. The van der Waals surface area contributed by atoms with Crippen molar-refractivity contribution in [2.75, 3.05) is 51.5 Å². The van der Waals surface area contributed by atoms with Crippen molar-refractivity contribution < 1.29 is 23.1 Å². The van der Waals surface area contributed by atoms with Crippen LogP contribution in [0.25, 0.3) is 10.4 Å². The first kappa shape index (κ1) is 31.5. The summed E-state index contributed by atoms with van der Waals surface area (Å²) in [5.41, 5.74) is 9.07. The molecule has 11 nitrogen and oxygen atoms in total. The fourth-order valence-electron chi connectivity index (χ4n) is 3.12. The number of hydrogen-bond donors (Lipinski definition) is 1. The topological polar surface area (TPSA) is 141 Å². The highest BCUT2D eigenvalue weighted by atomic mass is 32.2. The van der Waals surface area contributed by atoms with Crippen molar-refractivity contribution in [2.24, 2.45) is 5.11 Å². The quantitative estimate of drug-likeness (QED) is 0.0495. The Morgan fingerprint density at radius 2 is 1.69 bits per heavy atom. The molecular weight excluding hydrogens is 505 g/mol. The summed E-state index contributed by atoms with van der Waals surface area (Å²) in [5, 5.41) is 7.87. The third kappa shape index (κ3) is 17.5. The minimum Gasteiger partial charge on any atom is -0.455 e. The van der Waals surface area contributed by atoms with Crippen molar-refractivity contribution in [2.45, 2.75) is 57.3 Å². The maximum atomic E-state index is 11.0. The van der Waals surface area contributed by atoms with Gasteiger partial charge in [-0.1, -0.05) is 16.9 Å². The third-order valence-corrected chi connectivity index (χ3v) is 14.3. The summed E-state index contributed by atoms with van der Waals surface area (Å²) in [6, 6.07) is 1.03. The van der Waals surface area contributed by atoms with Gasteiger partial charge >= 0.3 is 0 Å². The van der Waals surface area contributed by atoms with E-state index in [4.69, 9.17) is 23.9 Å². The number of nitrogens with zero attached hydrogens (tertiary/aromatic N) is 5. The fourth-order valence-corrected chi connectivity index (χ4v) is 13.5. The number of carbonyl (C=O) groups excluding carboxylic acids is 1. The molecule has 0 unspecified atom stereocenters. The number of aromatic nitrogens is 2. The second kappa shape index (κ2) is 17.8. The number of azide groups is 1. The molecule has 198 valence electrons. The van der Waals surface area contributed by atoms with Gasteiger partial charge in [0, 0.05) is 48.3 Å². The van der Waals surface area contributed by atoms with E-state index in [0.29, 0.717) is 52.7 Å². The molecule has 0 atom stereocenters. The minimum atomic E-state index is -1.87. The highest BCUT2D eigenvalue weighted by molar-refractivity contribution is 8.00. The van der Waals surface area contributed by atoms with Crippen LogP contribution >= 0.6 is 11.8 Å². The first-order valence-corrected chi connectivity index (χ1v) is 19.0. The Labute approximate surface area is 215 Å². The molecule has 0 aliphatic heterocycles. The fraction of sp³-hybridized carbons (Fsp3) is 0.762. The Hall–Kier alpha value is -1.52. The Morgan fingerprint density at radius 3 is 2.31 bits per heavy atom. The van der Waals surface area contributed by atoms with Crippen LogP contribution in [0.3, 0.4) is 0 Å². The maximum absolute atomic E-state index is 11.0. The number of carbonyl (C=O) groups is 1. The van der Waals surface area contributed by atoms with E-state index in [1.807, 2.05) is 0 Å². The van der Waals surface area contributed by atoms with Crippen LogP contribution in [0.5, 0.6) is 0 Å². The van der Waals surface area contributed by atoms with E-state index in [9.17, 15) is 4.79 Å². The van der Waals surface area contributed by atoms with Gasteiger partial charge in [-0.25, -0.2) is 9.97 Å². The smallest absolute Gasteiger partial charge is 0.216 e. The Morgan fingerprint density at radius 1 is 1.06 bits per heavy atom. The lowest BCUT2D eigenvalue weighted by atomic mass is 10.4. The van der Waals surface area contributed by atoms with Gasteiger partial charge in [0.25, 0.3) is 0 Å². The lowest BCUT2D eigenvalue weighted by molar-refractivity contribution is -0.118. The van der Waals surface area contributed by atoms with Crippen molar-refractivity contribution in [3.8, 4) is 0 Å². The maximum Gasteiger partial charge on any atom is 0.216 e. The molecule has 0 saturated heterocycles. The Kier molecular flexibility index (Phi) is 16.1. The van der Waals surface area contributed by atoms with Crippen LogP contribution in [0.2, 0.25) is 32.2 Å². The molecule has 0 bridgehead atoms. The molecule has 35 heavy (non-hydrogen) atoms. The van der Waals surface area contributed by atoms with Gasteiger partial charge in [-0.2, -0.15) is 0 Å². The van der Waals surface area contributed by atoms with Crippen LogP contribution in [0.4, 0.5) is 0 Å². The highest BCUT2D eigenvalue weighted by Crippen LogP contribution is 2.25. The largest absolute Gasteiger partial charge is 0.455 e. The van der Waals surface area contributed by atoms with Gasteiger partial charge in [-0.15, -0.1) is 0 Å². The van der Waals surface area contributed by atoms with Crippen LogP contribution in [-0.2, 0) is 29.7 Å². The molecule has 1 rings (SSSR count). The molecule has 0 radical (unpaired) electrons. The van der Waals surface area contributed by atoms with E-state index >= 15 is 0 Å². The molecule has 1 aromatic heterocycles. The Balaban J connectivity index is 2.21. The third-order valence-electron chi connectivity index (χ3n) is 4.52. The normalized spacial score (nSPS) is 11.8. The number of hydrogen-bond acceptors (Lipinski definition) is 9. The van der Waals surface area contributed by atoms with E-state index in [-0.39, 0.29) is 5.91 Å². The van der Waals surface area contributed by atoms with Crippen LogP contribution in [0, 0.1) is 0 Å². The zero-order valence-electron chi connectivity index (χ0n) is 21.6. The predicted molar refractivity (Wildman–Crippen MR) is 142 cm³/mol.